The number of thioether (sulfide) groups is 1. The van der Waals surface area contributed by atoms with E-state index in [0.717, 1.165) is 23.3 Å². The molecule has 78 valence electrons. The first-order valence-electron chi connectivity index (χ1n) is 5.34. The van der Waals surface area contributed by atoms with Gasteiger partial charge in [0.2, 0.25) is 5.16 Å². The van der Waals surface area contributed by atoms with Gasteiger partial charge in [-0.2, -0.15) is 0 Å². The molecule has 14 heavy (non-hydrogen) atoms. The Bertz CT molecular complexity index is 279. The molecule has 0 radical (unpaired) electrons. The van der Waals surface area contributed by atoms with Gasteiger partial charge in [-0.15, -0.1) is 5.10 Å². The predicted molar refractivity (Wildman–Crippen MR) is 58.4 cm³/mol. The van der Waals surface area contributed by atoms with Crippen molar-refractivity contribution in [2.75, 3.05) is 6.26 Å². The Hall–Kier alpha value is -0.510. The van der Waals surface area contributed by atoms with E-state index >= 15 is 0 Å². The van der Waals surface area contributed by atoms with Crippen molar-refractivity contribution in [3.05, 3.63) is 5.82 Å². The lowest BCUT2D eigenvalue weighted by atomic mass is 10.0. The van der Waals surface area contributed by atoms with Gasteiger partial charge in [0, 0.05) is 6.42 Å². The highest BCUT2D eigenvalue weighted by molar-refractivity contribution is 7.98. The highest BCUT2D eigenvalue weighted by atomic mass is 32.2. The summed E-state index contributed by atoms with van der Waals surface area (Å²) in [5.74, 6) is 2.00. The first-order valence-corrected chi connectivity index (χ1v) is 6.56. The maximum absolute atomic E-state index is 4.39. The van der Waals surface area contributed by atoms with Crippen LogP contribution in [0.3, 0.4) is 0 Å². The Kier molecular flexibility index (Phi) is 3.45. The summed E-state index contributed by atoms with van der Waals surface area (Å²) in [4.78, 5) is 4.39. The molecule has 1 aromatic rings. The largest absolute Gasteiger partial charge is 0.262 e. The van der Waals surface area contributed by atoms with Crippen LogP contribution < -0.4 is 0 Å². The second-order valence-corrected chi connectivity index (χ2v) is 4.73. The molecule has 0 atom stereocenters. The van der Waals surface area contributed by atoms with Gasteiger partial charge in [0.05, 0.1) is 0 Å². The molecule has 1 N–H and O–H groups in total. The molecule has 1 aromatic heterocycles. The third kappa shape index (κ3) is 2.50. The molecule has 1 aliphatic carbocycles. The van der Waals surface area contributed by atoms with Crippen LogP contribution >= 0.6 is 11.8 Å². The summed E-state index contributed by atoms with van der Waals surface area (Å²) in [5.41, 5.74) is 0. The van der Waals surface area contributed by atoms with E-state index < -0.39 is 0 Å². The van der Waals surface area contributed by atoms with Crippen LogP contribution in [0.15, 0.2) is 5.16 Å². The van der Waals surface area contributed by atoms with E-state index in [4.69, 9.17) is 0 Å². The topological polar surface area (TPSA) is 41.6 Å². The van der Waals surface area contributed by atoms with Crippen LogP contribution in [0.5, 0.6) is 0 Å². The monoisotopic (exact) mass is 211 g/mol. The minimum absolute atomic E-state index is 0.867. The van der Waals surface area contributed by atoms with Crippen LogP contribution in [-0.4, -0.2) is 21.4 Å². The Morgan fingerprint density at radius 2 is 2.21 bits per heavy atom. The van der Waals surface area contributed by atoms with Gasteiger partial charge >= 0.3 is 0 Å². The van der Waals surface area contributed by atoms with Crippen LogP contribution in [0.4, 0.5) is 0 Å². The quantitative estimate of drug-likeness (QED) is 0.778. The van der Waals surface area contributed by atoms with Crippen molar-refractivity contribution in [3.8, 4) is 0 Å². The van der Waals surface area contributed by atoms with Crippen molar-refractivity contribution in [1.82, 2.24) is 15.2 Å². The van der Waals surface area contributed by atoms with Gasteiger partial charge in [0.15, 0.2) is 0 Å². The first kappa shape index (κ1) is 10.0. The number of aromatic nitrogens is 3. The molecule has 1 fully saturated rings. The summed E-state index contributed by atoms with van der Waals surface area (Å²) < 4.78 is 0. The van der Waals surface area contributed by atoms with Crippen molar-refractivity contribution < 1.29 is 0 Å². The zero-order chi connectivity index (χ0) is 9.80. The predicted octanol–water partition coefficient (Wildman–Crippen LogP) is 2.65. The second-order valence-electron chi connectivity index (χ2n) is 3.96. The van der Waals surface area contributed by atoms with Crippen LogP contribution in [0.2, 0.25) is 0 Å². The Balaban J connectivity index is 1.79. The molecule has 0 bridgehead atoms. The van der Waals surface area contributed by atoms with Gasteiger partial charge in [0.25, 0.3) is 0 Å². The van der Waals surface area contributed by atoms with E-state index in [9.17, 15) is 0 Å². The summed E-state index contributed by atoms with van der Waals surface area (Å²) in [7, 11) is 0. The van der Waals surface area contributed by atoms with Crippen molar-refractivity contribution in [2.45, 2.75) is 43.7 Å². The highest BCUT2D eigenvalue weighted by Gasteiger charge is 2.15. The number of rotatable bonds is 4. The lowest BCUT2D eigenvalue weighted by Crippen LogP contribution is -1.97. The second kappa shape index (κ2) is 4.82. The average molecular weight is 211 g/mol. The van der Waals surface area contributed by atoms with Gasteiger partial charge < -0.3 is 0 Å². The number of aromatic amines is 1. The van der Waals surface area contributed by atoms with E-state index in [0.29, 0.717) is 0 Å². The summed E-state index contributed by atoms with van der Waals surface area (Å²) in [6.07, 6.45) is 10.0. The normalized spacial score (nSPS) is 17.8. The molecule has 4 heteroatoms. The highest BCUT2D eigenvalue weighted by Crippen LogP contribution is 2.28. The zero-order valence-electron chi connectivity index (χ0n) is 8.62. The van der Waals surface area contributed by atoms with Gasteiger partial charge in [0.1, 0.15) is 5.82 Å². The lowest BCUT2D eigenvalue weighted by molar-refractivity contribution is 0.497. The number of hydrogen-bond donors (Lipinski definition) is 1. The van der Waals surface area contributed by atoms with Crippen LogP contribution in [-0.2, 0) is 6.42 Å². The molecule has 2 rings (SSSR count). The maximum atomic E-state index is 4.39. The molecule has 1 aliphatic rings. The van der Waals surface area contributed by atoms with Gasteiger partial charge in [-0.05, 0) is 18.6 Å². The van der Waals surface area contributed by atoms with Gasteiger partial charge in [-0.25, -0.2) is 4.98 Å². The minimum Gasteiger partial charge on any atom is -0.262 e. The van der Waals surface area contributed by atoms with Crippen LogP contribution in [0.1, 0.15) is 37.9 Å². The Labute approximate surface area is 89.1 Å². The van der Waals surface area contributed by atoms with Crippen molar-refractivity contribution in [3.63, 3.8) is 0 Å². The first-order chi connectivity index (χ1) is 6.88. The van der Waals surface area contributed by atoms with E-state index in [1.807, 2.05) is 6.26 Å². The van der Waals surface area contributed by atoms with Crippen molar-refractivity contribution >= 4 is 11.8 Å². The molecule has 0 amide bonds. The molecule has 1 saturated carbocycles. The Morgan fingerprint density at radius 3 is 2.86 bits per heavy atom. The molecular weight excluding hydrogens is 194 g/mol. The molecule has 1 heterocycles. The molecule has 0 unspecified atom stereocenters. The minimum atomic E-state index is 0.867. The smallest absolute Gasteiger partial charge is 0.208 e. The van der Waals surface area contributed by atoms with E-state index in [1.54, 1.807) is 11.8 Å². The maximum Gasteiger partial charge on any atom is 0.208 e. The number of aryl methyl sites for hydroxylation is 1. The van der Waals surface area contributed by atoms with Crippen molar-refractivity contribution in [2.24, 2.45) is 5.92 Å². The molecule has 0 aromatic carbocycles. The fraction of sp³-hybridized carbons (Fsp3) is 0.800. The van der Waals surface area contributed by atoms with Crippen LogP contribution in [0.25, 0.3) is 0 Å². The molecule has 3 nitrogen and oxygen atoms in total. The fourth-order valence-corrected chi connectivity index (χ4v) is 2.46. The summed E-state index contributed by atoms with van der Waals surface area (Å²) >= 11 is 1.59. The zero-order valence-corrected chi connectivity index (χ0v) is 9.44. The molecule has 0 spiro atoms. The van der Waals surface area contributed by atoms with E-state index in [-0.39, 0.29) is 0 Å². The number of H-pyrrole nitrogens is 1. The summed E-state index contributed by atoms with van der Waals surface area (Å²) in [6, 6.07) is 0. The van der Waals surface area contributed by atoms with Gasteiger partial charge in [-0.3, -0.25) is 5.10 Å². The fourth-order valence-electron chi connectivity index (χ4n) is 2.12. The molecule has 0 aliphatic heterocycles. The number of hydrogen-bond acceptors (Lipinski definition) is 3. The van der Waals surface area contributed by atoms with Crippen LogP contribution in [0, 0.1) is 5.92 Å². The third-order valence-corrected chi connectivity index (χ3v) is 3.51. The average Bonchev–Trinajstić information content (AvgIpc) is 2.86. The van der Waals surface area contributed by atoms with Crippen molar-refractivity contribution in [1.29, 1.82) is 0 Å². The Morgan fingerprint density at radius 1 is 1.43 bits per heavy atom. The third-order valence-electron chi connectivity index (χ3n) is 2.96. The van der Waals surface area contributed by atoms with E-state index in [1.165, 1.54) is 32.1 Å². The number of nitrogens with one attached hydrogen (secondary N) is 1. The van der Waals surface area contributed by atoms with E-state index in [2.05, 4.69) is 15.2 Å². The van der Waals surface area contributed by atoms with Gasteiger partial charge in [-0.1, -0.05) is 37.4 Å². The molecular formula is C10H17N3S. The number of nitrogens with zero attached hydrogens (tertiary/aromatic N) is 2. The summed E-state index contributed by atoms with van der Waals surface area (Å²) in [5, 5.41) is 7.97. The summed E-state index contributed by atoms with van der Waals surface area (Å²) in [6.45, 7) is 0. The lowest BCUT2D eigenvalue weighted by Gasteiger charge is -2.05. The molecule has 0 saturated heterocycles. The SMILES string of the molecule is CSc1n[nH]c(CCC2CCCC2)n1. The standard InChI is InChI=1S/C10H17N3S/c1-14-10-11-9(12-13-10)7-6-8-4-2-3-5-8/h8H,2-7H2,1H3,(H,11,12,13).